The molecule has 0 saturated carbocycles. The van der Waals surface area contributed by atoms with Crippen LogP contribution in [-0.4, -0.2) is 18.1 Å². The summed E-state index contributed by atoms with van der Waals surface area (Å²) in [6.45, 7) is 0. The number of carbonyl (C=O) groups is 1. The summed E-state index contributed by atoms with van der Waals surface area (Å²) in [6.07, 6.45) is 1.52. The van der Waals surface area contributed by atoms with Gasteiger partial charge in [-0.25, -0.2) is 9.78 Å². The average molecular weight is 303 g/mol. The van der Waals surface area contributed by atoms with Crippen LogP contribution in [0.15, 0.2) is 21.4 Å². The average Bonchev–Trinajstić information content (AvgIpc) is 2.83. The van der Waals surface area contributed by atoms with Gasteiger partial charge < -0.3 is 14.9 Å². The normalized spacial score (nSPS) is 10.4. The molecule has 2 heterocycles. The molecule has 0 aliphatic rings. The van der Waals surface area contributed by atoms with E-state index in [4.69, 9.17) is 10.2 Å². The van der Waals surface area contributed by atoms with Crippen LogP contribution in [0.3, 0.4) is 0 Å². The number of ether oxygens (including phenoxy) is 1. The smallest absolute Gasteiger partial charge is 0.359 e. The Bertz CT molecular complexity index is 535. The van der Waals surface area contributed by atoms with Crippen LogP contribution in [0.2, 0.25) is 0 Å². The number of hydrogen-bond donors (Lipinski definition) is 1. The number of nitrogens with zero attached hydrogens (tertiary/aromatic N) is 1. The van der Waals surface area contributed by atoms with E-state index in [-0.39, 0.29) is 5.69 Å². The van der Waals surface area contributed by atoms with E-state index in [0.717, 1.165) is 5.56 Å². The molecule has 2 aromatic rings. The molecular weight excluding hydrogens is 296 g/mol. The summed E-state index contributed by atoms with van der Waals surface area (Å²) in [5, 5.41) is 0.938. The summed E-state index contributed by atoms with van der Waals surface area (Å²) < 4.78 is 10.2. The third-order valence-electron chi connectivity index (χ3n) is 1.88. The van der Waals surface area contributed by atoms with Gasteiger partial charge in [0.25, 0.3) is 0 Å². The van der Waals surface area contributed by atoms with Crippen molar-refractivity contribution in [2.45, 2.75) is 0 Å². The van der Waals surface area contributed by atoms with Crippen molar-refractivity contribution in [1.29, 1.82) is 0 Å². The van der Waals surface area contributed by atoms with Gasteiger partial charge in [-0.15, -0.1) is 0 Å². The fraction of sp³-hybridized carbons (Fsp3) is 0.111. The molecule has 0 aliphatic heterocycles. The molecule has 0 radical (unpaired) electrons. The number of hydrogen-bond acceptors (Lipinski definition) is 6. The number of anilines is 1. The number of nitrogen functional groups attached to an aromatic ring is 1. The van der Waals surface area contributed by atoms with Crippen LogP contribution in [0.5, 0.6) is 0 Å². The third kappa shape index (κ3) is 1.83. The molecule has 0 unspecified atom stereocenters. The number of furan rings is 1. The molecular formula is C9H7BrN2O3S. The SMILES string of the molecule is COC(=O)c1nc(-c2ccoc2Br)sc1N. The summed E-state index contributed by atoms with van der Waals surface area (Å²) in [4.78, 5) is 15.4. The molecule has 5 nitrogen and oxygen atoms in total. The first-order valence-corrected chi connectivity index (χ1v) is 5.82. The number of thiazole rings is 1. The monoisotopic (exact) mass is 302 g/mol. The molecule has 0 bridgehead atoms. The lowest BCUT2D eigenvalue weighted by Crippen LogP contribution is -2.04. The number of aromatic nitrogens is 1. The summed E-state index contributed by atoms with van der Waals surface area (Å²) in [5.41, 5.74) is 6.57. The highest BCUT2D eigenvalue weighted by atomic mass is 79.9. The van der Waals surface area contributed by atoms with Crippen molar-refractivity contribution in [3.05, 3.63) is 22.7 Å². The van der Waals surface area contributed by atoms with Gasteiger partial charge in [-0.1, -0.05) is 11.3 Å². The Balaban J connectivity index is 2.46. The van der Waals surface area contributed by atoms with Crippen LogP contribution >= 0.6 is 27.3 Å². The first-order valence-electron chi connectivity index (χ1n) is 4.21. The molecule has 0 fully saturated rings. The molecule has 0 atom stereocenters. The Morgan fingerprint density at radius 2 is 2.44 bits per heavy atom. The fourth-order valence-electron chi connectivity index (χ4n) is 1.14. The zero-order chi connectivity index (χ0) is 11.7. The number of carbonyl (C=O) groups excluding carboxylic acids is 1. The highest BCUT2D eigenvalue weighted by molar-refractivity contribution is 9.10. The van der Waals surface area contributed by atoms with E-state index in [1.165, 1.54) is 24.7 Å². The number of rotatable bonds is 2. The van der Waals surface area contributed by atoms with Gasteiger partial charge in [0.2, 0.25) is 0 Å². The van der Waals surface area contributed by atoms with Crippen molar-refractivity contribution in [2.24, 2.45) is 0 Å². The Morgan fingerprint density at radius 1 is 1.69 bits per heavy atom. The Labute approximate surface area is 103 Å². The van der Waals surface area contributed by atoms with E-state index in [1.54, 1.807) is 6.07 Å². The minimum absolute atomic E-state index is 0.135. The fourth-order valence-corrected chi connectivity index (χ4v) is 2.54. The second kappa shape index (κ2) is 4.26. The summed E-state index contributed by atoms with van der Waals surface area (Å²) >= 11 is 4.44. The highest BCUT2D eigenvalue weighted by Gasteiger charge is 2.19. The Hall–Kier alpha value is -1.34. The molecule has 84 valence electrons. The predicted molar refractivity (Wildman–Crippen MR) is 63.3 cm³/mol. The van der Waals surface area contributed by atoms with Crippen molar-refractivity contribution in [3.8, 4) is 10.6 Å². The minimum atomic E-state index is -0.542. The molecule has 0 aromatic carbocycles. The van der Waals surface area contributed by atoms with Crippen LogP contribution in [0.1, 0.15) is 10.5 Å². The molecule has 0 spiro atoms. The third-order valence-corrected chi connectivity index (χ3v) is 3.41. The number of esters is 1. The largest absolute Gasteiger partial charge is 0.464 e. The Kier molecular flexibility index (Phi) is 2.97. The lowest BCUT2D eigenvalue weighted by Gasteiger charge is -1.93. The molecule has 0 amide bonds. The van der Waals surface area contributed by atoms with Crippen LogP contribution in [0.4, 0.5) is 5.00 Å². The number of nitrogens with two attached hydrogens (primary N) is 1. The van der Waals surface area contributed by atoms with E-state index in [1.807, 2.05) is 0 Å². The zero-order valence-electron chi connectivity index (χ0n) is 8.19. The molecule has 2 N–H and O–H groups in total. The maximum absolute atomic E-state index is 11.3. The summed E-state index contributed by atoms with van der Waals surface area (Å²) in [6, 6.07) is 1.74. The van der Waals surface area contributed by atoms with E-state index in [9.17, 15) is 4.79 Å². The van der Waals surface area contributed by atoms with Crippen molar-refractivity contribution in [2.75, 3.05) is 12.8 Å². The van der Waals surface area contributed by atoms with Gasteiger partial charge in [-0.05, 0) is 22.0 Å². The van der Waals surface area contributed by atoms with E-state index in [0.29, 0.717) is 14.7 Å². The van der Waals surface area contributed by atoms with E-state index < -0.39 is 5.97 Å². The van der Waals surface area contributed by atoms with Crippen molar-refractivity contribution in [3.63, 3.8) is 0 Å². The topological polar surface area (TPSA) is 78.3 Å². The lowest BCUT2D eigenvalue weighted by atomic mass is 10.3. The molecule has 0 aliphatic carbocycles. The summed E-state index contributed by atoms with van der Waals surface area (Å²) in [7, 11) is 1.29. The van der Waals surface area contributed by atoms with Gasteiger partial charge in [0.1, 0.15) is 10.0 Å². The second-order valence-electron chi connectivity index (χ2n) is 2.83. The summed E-state index contributed by atoms with van der Waals surface area (Å²) in [5.74, 6) is -0.542. The maximum atomic E-state index is 11.3. The standard InChI is InChI=1S/C9H7BrN2O3S/c1-14-9(13)5-7(11)16-8(12-5)4-2-3-15-6(4)10/h2-3H,11H2,1H3. The first kappa shape index (κ1) is 11.2. The van der Waals surface area contributed by atoms with Gasteiger partial charge >= 0.3 is 5.97 Å². The highest BCUT2D eigenvalue weighted by Crippen LogP contribution is 2.35. The van der Waals surface area contributed by atoms with Gasteiger partial charge in [-0.2, -0.15) is 0 Å². The first-order chi connectivity index (χ1) is 7.63. The maximum Gasteiger partial charge on any atom is 0.359 e. The molecule has 0 saturated heterocycles. The molecule has 2 aromatic heterocycles. The van der Waals surface area contributed by atoms with Gasteiger partial charge in [0, 0.05) is 0 Å². The quantitative estimate of drug-likeness (QED) is 0.863. The van der Waals surface area contributed by atoms with Crippen LogP contribution in [0, 0.1) is 0 Å². The van der Waals surface area contributed by atoms with Crippen LogP contribution < -0.4 is 5.73 Å². The van der Waals surface area contributed by atoms with Gasteiger partial charge in [-0.3, -0.25) is 0 Å². The number of methoxy groups -OCH3 is 1. The van der Waals surface area contributed by atoms with Crippen molar-refractivity contribution >= 4 is 38.2 Å². The van der Waals surface area contributed by atoms with Crippen molar-refractivity contribution in [1.82, 2.24) is 4.98 Å². The predicted octanol–water partition coefficient (Wildman–Crippen LogP) is 2.53. The van der Waals surface area contributed by atoms with E-state index >= 15 is 0 Å². The van der Waals surface area contributed by atoms with Crippen LogP contribution in [-0.2, 0) is 4.74 Å². The second-order valence-corrected chi connectivity index (χ2v) is 4.58. The Morgan fingerprint density at radius 3 is 3.00 bits per heavy atom. The zero-order valence-corrected chi connectivity index (χ0v) is 10.6. The lowest BCUT2D eigenvalue weighted by molar-refractivity contribution is 0.0596. The number of halogens is 1. The van der Waals surface area contributed by atoms with E-state index in [2.05, 4.69) is 25.7 Å². The van der Waals surface area contributed by atoms with Gasteiger partial charge in [0.05, 0.1) is 18.9 Å². The minimum Gasteiger partial charge on any atom is -0.464 e. The van der Waals surface area contributed by atoms with Crippen LogP contribution in [0.25, 0.3) is 10.6 Å². The molecule has 7 heteroatoms. The van der Waals surface area contributed by atoms with Crippen molar-refractivity contribution < 1.29 is 13.9 Å². The molecule has 2 rings (SSSR count). The molecule has 16 heavy (non-hydrogen) atoms. The van der Waals surface area contributed by atoms with Gasteiger partial charge in [0.15, 0.2) is 10.4 Å².